The highest BCUT2D eigenvalue weighted by atomic mass is 15.0. The maximum absolute atomic E-state index is 3.81. The largest absolute Gasteiger partial charge is 0.358 e. The average molecular weight is 146 g/mol. The molecular weight excluding hydrogens is 124 g/mol. The quantitative estimate of drug-likeness (QED) is 0.448. The standard InChI is InChI=1S/C8H20N2/c1-10(2)8-6-4-3-5-7-9/h3-9H2,1-2H3/p+2. The fraction of sp³-hybridized carbons (Fsp3) is 1.00. The van der Waals surface area contributed by atoms with Crippen molar-refractivity contribution in [3.63, 3.8) is 0 Å². The van der Waals surface area contributed by atoms with Crippen molar-refractivity contribution in [3.8, 4) is 0 Å². The zero-order valence-electron chi connectivity index (χ0n) is 7.45. The van der Waals surface area contributed by atoms with Crippen molar-refractivity contribution in [1.82, 2.24) is 0 Å². The molecule has 62 valence electrons. The summed E-state index contributed by atoms with van der Waals surface area (Å²) in [6.07, 6.45) is 5.45. The first kappa shape index (κ1) is 9.92. The molecule has 0 aliphatic rings. The predicted octanol–water partition coefficient (Wildman–Crippen LogP) is -1.07. The number of hydrogen-bond acceptors (Lipinski definition) is 0. The van der Waals surface area contributed by atoms with Crippen LogP contribution in [0.2, 0.25) is 0 Å². The van der Waals surface area contributed by atoms with Gasteiger partial charge in [-0.25, -0.2) is 0 Å². The summed E-state index contributed by atoms with van der Waals surface area (Å²) in [5, 5.41) is 0. The molecule has 4 N–H and O–H groups in total. The van der Waals surface area contributed by atoms with E-state index >= 15 is 0 Å². The SMILES string of the molecule is C[NH+](C)CCCCCC[NH3+]. The van der Waals surface area contributed by atoms with Gasteiger partial charge in [0.25, 0.3) is 0 Å². The molecule has 0 spiro atoms. The summed E-state index contributed by atoms with van der Waals surface area (Å²) in [4.78, 5) is 1.56. The van der Waals surface area contributed by atoms with Gasteiger partial charge in [0.15, 0.2) is 0 Å². The lowest BCUT2D eigenvalue weighted by atomic mass is 10.2. The van der Waals surface area contributed by atoms with E-state index in [0.717, 1.165) is 6.54 Å². The smallest absolute Gasteiger partial charge is 0.0766 e. The lowest BCUT2D eigenvalue weighted by Crippen LogP contribution is -3.05. The van der Waals surface area contributed by atoms with Gasteiger partial charge in [-0.05, 0) is 25.7 Å². The third-order valence-corrected chi connectivity index (χ3v) is 1.68. The van der Waals surface area contributed by atoms with E-state index in [2.05, 4.69) is 19.8 Å². The molecule has 0 aromatic rings. The van der Waals surface area contributed by atoms with Crippen molar-refractivity contribution in [2.24, 2.45) is 0 Å². The van der Waals surface area contributed by atoms with Gasteiger partial charge in [0.2, 0.25) is 0 Å². The van der Waals surface area contributed by atoms with Gasteiger partial charge in [0.1, 0.15) is 0 Å². The Labute approximate surface area is 64.4 Å². The Balaban J connectivity index is 2.77. The molecule has 2 nitrogen and oxygen atoms in total. The highest BCUT2D eigenvalue weighted by molar-refractivity contribution is 4.39. The molecule has 0 rings (SSSR count). The minimum absolute atomic E-state index is 1.11. The maximum Gasteiger partial charge on any atom is 0.0766 e. The zero-order chi connectivity index (χ0) is 7.82. The average Bonchev–Trinajstić information content (AvgIpc) is 1.87. The van der Waals surface area contributed by atoms with Crippen molar-refractivity contribution in [3.05, 3.63) is 0 Å². The minimum atomic E-state index is 1.11. The molecule has 0 heterocycles. The maximum atomic E-state index is 3.81. The first-order valence-corrected chi connectivity index (χ1v) is 4.35. The van der Waals surface area contributed by atoms with E-state index in [4.69, 9.17) is 0 Å². The third kappa shape index (κ3) is 7.92. The van der Waals surface area contributed by atoms with Crippen molar-refractivity contribution in [2.45, 2.75) is 25.7 Å². The summed E-state index contributed by atoms with van der Waals surface area (Å²) in [5.41, 5.74) is 3.81. The molecule has 0 unspecified atom stereocenters. The molecule has 0 radical (unpaired) electrons. The van der Waals surface area contributed by atoms with Crippen molar-refractivity contribution >= 4 is 0 Å². The fourth-order valence-corrected chi connectivity index (χ4v) is 1.01. The van der Waals surface area contributed by atoms with Crippen molar-refractivity contribution in [1.29, 1.82) is 0 Å². The lowest BCUT2D eigenvalue weighted by Gasteiger charge is -2.05. The molecule has 0 aromatic carbocycles. The molecule has 0 aliphatic heterocycles. The number of hydrogen-bond donors (Lipinski definition) is 2. The Bertz CT molecular complexity index is 62.3. The monoisotopic (exact) mass is 146 g/mol. The molecule has 10 heavy (non-hydrogen) atoms. The fourth-order valence-electron chi connectivity index (χ4n) is 1.01. The first-order chi connectivity index (χ1) is 4.77. The summed E-state index contributed by atoms with van der Waals surface area (Å²) < 4.78 is 0. The van der Waals surface area contributed by atoms with E-state index in [0.29, 0.717) is 0 Å². The predicted molar refractivity (Wildman–Crippen MR) is 43.9 cm³/mol. The minimum Gasteiger partial charge on any atom is -0.358 e. The van der Waals surface area contributed by atoms with Gasteiger partial charge in [0.05, 0.1) is 27.2 Å². The first-order valence-electron chi connectivity index (χ1n) is 4.35. The molecule has 0 saturated heterocycles. The second kappa shape index (κ2) is 7.03. The van der Waals surface area contributed by atoms with E-state index in [9.17, 15) is 0 Å². The van der Waals surface area contributed by atoms with Gasteiger partial charge < -0.3 is 10.6 Å². The second-order valence-electron chi connectivity index (χ2n) is 3.22. The third-order valence-electron chi connectivity index (χ3n) is 1.68. The molecule has 0 amide bonds. The topological polar surface area (TPSA) is 32.1 Å². The summed E-state index contributed by atoms with van der Waals surface area (Å²) in [6, 6.07) is 0. The Morgan fingerprint density at radius 3 is 2.10 bits per heavy atom. The Morgan fingerprint density at radius 2 is 1.60 bits per heavy atom. The van der Waals surface area contributed by atoms with Crippen LogP contribution in [-0.2, 0) is 0 Å². The highest BCUT2D eigenvalue weighted by Crippen LogP contribution is 1.94. The summed E-state index contributed by atoms with van der Waals surface area (Å²) in [5.74, 6) is 0. The summed E-state index contributed by atoms with van der Waals surface area (Å²) in [6.45, 7) is 2.42. The van der Waals surface area contributed by atoms with Crippen LogP contribution in [0.5, 0.6) is 0 Å². The van der Waals surface area contributed by atoms with Crippen LogP contribution in [0.4, 0.5) is 0 Å². The molecule has 2 heteroatoms. The van der Waals surface area contributed by atoms with Crippen LogP contribution in [0.3, 0.4) is 0 Å². The van der Waals surface area contributed by atoms with Gasteiger partial charge >= 0.3 is 0 Å². The number of rotatable bonds is 6. The van der Waals surface area contributed by atoms with E-state index < -0.39 is 0 Å². The molecule has 0 aromatic heterocycles. The van der Waals surface area contributed by atoms with Crippen LogP contribution in [-0.4, -0.2) is 27.2 Å². The normalized spacial score (nSPS) is 10.8. The van der Waals surface area contributed by atoms with Gasteiger partial charge in [0, 0.05) is 0 Å². The van der Waals surface area contributed by atoms with Gasteiger partial charge in [-0.1, -0.05) is 0 Å². The molecule has 0 fully saturated rings. The lowest BCUT2D eigenvalue weighted by molar-refractivity contribution is -0.858. The van der Waals surface area contributed by atoms with E-state index in [1.807, 2.05) is 0 Å². The Kier molecular flexibility index (Phi) is 6.98. The van der Waals surface area contributed by atoms with Crippen molar-refractivity contribution < 1.29 is 10.6 Å². The number of unbranched alkanes of at least 4 members (excludes halogenated alkanes) is 3. The van der Waals surface area contributed by atoms with E-state index in [1.165, 1.54) is 32.2 Å². The van der Waals surface area contributed by atoms with Crippen LogP contribution in [0, 0.1) is 0 Å². The van der Waals surface area contributed by atoms with Crippen molar-refractivity contribution in [2.75, 3.05) is 27.2 Å². The van der Waals surface area contributed by atoms with Gasteiger partial charge in [-0.3, -0.25) is 0 Å². The molecule has 0 saturated carbocycles. The molecule has 0 aliphatic carbocycles. The Morgan fingerprint density at radius 1 is 1.00 bits per heavy atom. The number of quaternary nitrogens is 2. The van der Waals surface area contributed by atoms with Crippen LogP contribution in [0.1, 0.15) is 25.7 Å². The summed E-state index contributed by atoms with van der Waals surface area (Å²) >= 11 is 0. The molecule has 0 atom stereocenters. The van der Waals surface area contributed by atoms with Crippen LogP contribution in [0.25, 0.3) is 0 Å². The molecule has 0 bridgehead atoms. The van der Waals surface area contributed by atoms with E-state index in [1.54, 1.807) is 4.90 Å². The van der Waals surface area contributed by atoms with E-state index in [-0.39, 0.29) is 0 Å². The van der Waals surface area contributed by atoms with Gasteiger partial charge in [-0.2, -0.15) is 0 Å². The van der Waals surface area contributed by atoms with Crippen LogP contribution < -0.4 is 10.6 Å². The second-order valence-corrected chi connectivity index (χ2v) is 3.22. The van der Waals surface area contributed by atoms with Crippen LogP contribution in [0.15, 0.2) is 0 Å². The Hall–Kier alpha value is -0.0800. The summed E-state index contributed by atoms with van der Waals surface area (Å²) in [7, 11) is 4.42. The zero-order valence-corrected chi connectivity index (χ0v) is 7.45. The highest BCUT2D eigenvalue weighted by Gasteiger charge is 1.92. The molecular formula is C8H22N2+2. The number of nitrogens with one attached hydrogen (secondary N) is 1. The van der Waals surface area contributed by atoms with Gasteiger partial charge in [-0.15, -0.1) is 0 Å². The van der Waals surface area contributed by atoms with Crippen LogP contribution >= 0.6 is 0 Å².